The van der Waals surface area contributed by atoms with Crippen LogP contribution in [-0.4, -0.2) is 72.2 Å². The number of piperazine rings is 1. The third kappa shape index (κ3) is 5.48. The Morgan fingerprint density at radius 3 is 1.93 bits per heavy atom. The maximum absolute atomic E-state index is 12.8. The van der Waals surface area contributed by atoms with Crippen molar-refractivity contribution in [2.75, 3.05) is 54.0 Å². The van der Waals surface area contributed by atoms with Crippen molar-refractivity contribution in [3.8, 4) is 11.5 Å². The molecule has 8 heteroatoms. The summed E-state index contributed by atoms with van der Waals surface area (Å²) in [4.78, 5) is 4.84. The SMILES string of the molecule is COc1ccc(C(CNS(=O)(=O)c2ccc(OC)cc2)N2CCN(C)CC2)cc1. The Morgan fingerprint density at radius 1 is 0.897 bits per heavy atom. The number of hydrogen-bond acceptors (Lipinski definition) is 6. The second-order valence-electron chi connectivity index (χ2n) is 7.16. The van der Waals surface area contributed by atoms with E-state index < -0.39 is 10.0 Å². The van der Waals surface area contributed by atoms with E-state index in [1.54, 1.807) is 38.5 Å². The van der Waals surface area contributed by atoms with Gasteiger partial charge in [-0.1, -0.05) is 12.1 Å². The van der Waals surface area contributed by atoms with Gasteiger partial charge in [-0.25, -0.2) is 13.1 Å². The van der Waals surface area contributed by atoms with Gasteiger partial charge in [-0.15, -0.1) is 0 Å². The minimum atomic E-state index is -3.62. The van der Waals surface area contributed by atoms with E-state index in [1.807, 2.05) is 24.3 Å². The molecule has 0 aliphatic carbocycles. The van der Waals surface area contributed by atoms with E-state index in [1.165, 1.54) is 0 Å². The van der Waals surface area contributed by atoms with Crippen LogP contribution in [0.3, 0.4) is 0 Å². The van der Waals surface area contributed by atoms with Crippen molar-refractivity contribution in [1.82, 2.24) is 14.5 Å². The van der Waals surface area contributed by atoms with E-state index in [0.717, 1.165) is 37.5 Å². The fourth-order valence-corrected chi connectivity index (χ4v) is 4.48. The van der Waals surface area contributed by atoms with Crippen LogP contribution >= 0.6 is 0 Å². The highest BCUT2D eigenvalue weighted by atomic mass is 32.2. The average Bonchev–Trinajstić information content (AvgIpc) is 2.75. The highest BCUT2D eigenvalue weighted by molar-refractivity contribution is 7.89. The molecular formula is C21H29N3O4S. The molecule has 2 aromatic rings. The Kier molecular flexibility index (Phi) is 7.13. The predicted molar refractivity (Wildman–Crippen MR) is 113 cm³/mol. The van der Waals surface area contributed by atoms with Gasteiger partial charge in [-0.3, -0.25) is 4.90 Å². The molecule has 0 radical (unpaired) electrons. The summed E-state index contributed by atoms with van der Waals surface area (Å²) in [6, 6.07) is 14.2. The first-order valence-corrected chi connectivity index (χ1v) is 11.1. The van der Waals surface area contributed by atoms with Crippen molar-refractivity contribution in [3.63, 3.8) is 0 Å². The zero-order chi connectivity index (χ0) is 20.9. The molecule has 1 heterocycles. The monoisotopic (exact) mass is 419 g/mol. The van der Waals surface area contributed by atoms with Gasteiger partial charge < -0.3 is 14.4 Å². The molecule has 1 N–H and O–H groups in total. The van der Waals surface area contributed by atoms with Crippen molar-refractivity contribution in [3.05, 3.63) is 54.1 Å². The van der Waals surface area contributed by atoms with E-state index in [0.29, 0.717) is 12.3 Å². The van der Waals surface area contributed by atoms with E-state index in [-0.39, 0.29) is 10.9 Å². The first kappa shape index (κ1) is 21.6. The third-order valence-electron chi connectivity index (χ3n) is 5.32. The first-order chi connectivity index (χ1) is 13.9. The Morgan fingerprint density at radius 2 is 1.41 bits per heavy atom. The van der Waals surface area contributed by atoms with Gasteiger partial charge in [0, 0.05) is 38.8 Å². The number of nitrogens with zero attached hydrogens (tertiary/aromatic N) is 2. The van der Waals surface area contributed by atoms with Crippen LogP contribution in [-0.2, 0) is 10.0 Å². The molecule has 1 saturated heterocycles. The molecule has 1 atom stereocenters. The Hall–Kier alpha value is -2.13. The van der Waals surface area contributed by atoms with Crippen molar-refractivity contribution in [2.24, 2.45) is 0 Å². The lowest BCUT2D eigenvalue weighted by molar-refractivity contribution is 0.113. The van der Waals surface area contributed by atoms with E-state index in [2.05, 4.69) is 21.6 Å². The number of rotatable bonds is 8. The lowest BCUT2D eigenvalue weighted by Gasteiger charge is -2.38. The van der Waals surface area contributed by atoms with E-state index >= 15 is 0 Å². The van der Waals surface area contributed by atoms with Gasteiger partial charge >= 0.3 is 0 Å². The highest BCUT2D eigenvalue weighted by Gasteiger charge is 2.26. The Labute approximate surface area is 173 Å². The van der Waals surface area contributed by atoms with E-state index in [4.69, 9.17) is 9.47 Å². The minimum Gasteiger partial charge on any atom is -0.497 e. The van der Waals surface area contributed by atoms with Crippen molar-refractivity contribution >= 4 is 10.0 Å². The second-order valence-corrected chi connectivity index (χ2v) is 8.92. The van der Waals surface area contributed by atoms with Crippen LogP contribution in [0.15, 0.2) is 53.4 Å². The summed E-state index contributed by atoms with van der Waals surface area (Å²) < 4.78 is 38.8. The largest absolute Gasteiger partial charge is 0.497 e. The number of methoxy groups -OCH3 is 2. The topological polar surface area (TPSA) is 71.1 Å². The summed E-state index contributed by atoms with van der Waals surface area (Å²) in [5.41, 5.74) is 1.06. The molecule has 158 valence electrons. The van der Waals surface area contributed by atoms with Crippen molar-refractivity contribution in [1.29, 1.82) is 0 Å². The number of sulfonamides is 1. The number of ether oxygens (including phenoxy) is 2. The molecule has 1 aliphatic heterocycles. The molecule has 1 fully saturated rings. The zero-order valence-corrected chi connectivity index (χ0v) is 18.0. The molecule has 29 heavy (non-hydrogen) atoms. The molecule has 3 rings (SSSR count). The molecule has 0 amide bonds. The molecule has 1 aliphatic rings. The quantitative estimate of drug-likeness (QED) is 0.706. The molecule has 7 nitrogen and oxygen atoms in total. The van der Waals surface area contributed by atoms with Gasteiger partial charge in [0.25, 0.3) is 0 Å². The fraction of sp³-hybridized carbons (Fsp3) is 0.429. The summed E-state index contributed by atoms with van der Waals surface area (Å²) in [5.74, 6) is 1.40. The van der Waals surface area contributed by atoms with Crippen LogP contribution in [0.1, 0.15) is 11.6 Å². The summed E-state index contributed by atoms with van der Waals surface area (Å²) in [6.07, 6.45) is 0. The summed E-state index contributed by atoms with van der Waals surface area (Å²) in [6.45, 7) is 3.98. The standard InChI is InChI=1S/C21H29N3O4S/c1-23-12-14-24(15-13-23)21(17-4-6-18(27-2)7-5-17)16-22-29(25,26)20-10-8-19(28-3)9-11-20/h4-11,21-22H,12-16H2,1-3H3. The first-order valence-electron chi connectivity index (χ1n) is 9.63. The van der Waals surface area contributed by atoms with Crippen LogP contribution in [0.2, 0.25) is 0 Å². The van der Waals surface area contributed by atoms with Gasteiger partial charge in [-0.05, 0) is 49.0 Å². The summed E-state index contributed by atoms with van der Waals surface area (Å²) in [5, 5.41) is 0. The van der Waals surface area contributed by atoms with Crippen LogP contribution < -0.4 is 14.2 Å². The molecular weight excluding hydrogens is 390 g/mol. The smallest absolute Gasteiger partial charge is 0.240 e. The fourth-order valence-electron chi connectivity index (χ4n) is 3.44. The minimum absolute atomic E-state index is 0.0531. The number of nitrogens with one attached hydrogen (secondary N) is 1. The molecule has 1 unspecified atom stereocenters. The molecule has 0 aromatic heterocycles. The van der Waals surface area contributed by atoms with Crippen molar-refractivity contribution < 1.29 is 17.9 Å². The van der Waals surface area contributed by atoms with Crippen molar-refractivity contribution in [2.45, 2.75) is 10.9 Å². The lowest BCUT2D eigenvalue weighted by atomic mass is 10.0. The Bertz CT molecular complexity index is 877. The maximum atomic E-state index is 12.8. The van der Waals surface area contributed by atoms with Gasteiger partial charge in [0.1, 0.15) is 11.5 Å². The summed E-state index contributed by atoms with van der Waals surface area (Å²) >= 11 is 0. The number of hydrogen-bond donors (Lipinski definition) is 1. The van der Waals surface area contributed by atoms with Crippen LogP contribution in [0.5, 0.6) is 11.5 Å². The van der Waals surface area contributed by atoms with Crippen LogP contribution in [0, 0.1) is 0 Å². The van der Waals surface area contributed by atoms with Gasteiger partial charge in [-0.2, -0.15) is 0 Å². The third-order valence-corrected chi connectivity index (χ3v) is 6.76. The van der Waals surface area contributed by atoms with Gasteiger partial charge in [0.05, 0.1) is 19.1 Å². The lowest BCUT2D eigenvalue weighted by Crippen LogP contribution is -2.48. The van der Waals surface area contributed by atoms with Crippen LogP contribution in [0.25, 0.3) is 0 Å². The van der Waals surface area contributed by atoms with E-state index in [9.17, 15) is 8.42 Å². The average molecular weight is 420 g/mol. The van der Waals surface area contributed by atoms with Crippen LogP contribution in [0.4, 0.5) is 0 Å². The molecule has 0 bridgehead atoms. The second kappa shape index (κ2) is 9.58. The van der Waals surface area contributed by atoms with Gasteiger partial charge in [0.2, 0.25) is 10.0 Å². The maximum Gasteiger partial charge on any atom is 0.240 e. The zero-order valence-electron chi connectivity index (χ0n) is 17.2. The molecule has 2 aromatic carbocycles. The number of likely N-dealkylation sites (N-methyl/N-ethyl adjacent to an activating group) is 1. The molecule has 0 saturated carbocycles. The Balaban J connectivity index is 1.78. The normalized spacial score (nSPS) is 17.1. The highest BCUT2D eigenvalue weighted by Crippen LogP contribution is 2.25. The molecule has 0 spiro atoms. The van der Waals surface area contributed by atoms with Gasteiger partial charge in [0.15, 0.2) is 0 Å². The predicted octanol–water partition coefficient (Wildman–Crippen LogP) is 1.97. The summed E-state index contributed by atoms with van der Waals surface area (Å²) in [7, 11) is 1.67. The number of benzene rings is 2.